The molecule has 35 heavy (non-hydrogen) atoms. The minimum Gasteiger partial charge on any atom is -0.506 e. The number of phenolic OH excluding ortho intramolecular Hbond substituents is 1. The lowest BCUT2D eigenvalue weighted by molar-refractivity contribution is 0.414. The lowest BCUT2D eigenvalue weighted by Gasteiger charge is -2.16. The van der Waals surface area contributed by atoms with Crippen LogP contribution in [0.15, 0.2) is 41.2 Å². The van der Waals surface area contributed by atoms with Crippen molar-refractivity contribution in [1.82, 2.24) is 35.5 Å². The summed E-state index contributed by atoms with van der Waals surface area (Å²) < 4.78 is 7.87. The number of fused-ring (bicyclic) bond motifs is 3. The standard InChI is InChI=1S/C24H23N7O3S/c1-34-14-7-8-15(17(11-14)13-5-6-13)22-26-23-20(16-3-2-4-18(32)21(16)35-23)24(33)31(22)10-9-25-12-19-27-29-30-28-19/h2-4,7-8,11,13,25,32H,5-6,9-10,12H2,1H3,(H,27,28,29,30). The maximum Gasteiger partial charge on any atom is 0.263 e. The Morgan fingerprint density at radius 3 is 2.94 bits per heavy atom. The summed E-state index contributed by atoms with van der Waals surface area (Å²) in [6.07, 6.45) is 2.21. The normalized spacial score (nSPS) is 13.6. The van der Waals surface area contributed by atoms with Gasteiger partial charge in [-0.25, -0.2) is 4.98 Å². The lowest BCUT2D eigenvalue weighted by atomic mass is 10.0. The van der Waals surface area contributed by atoms with Gasteiger partial charge in [-0.1, -0.05) is 17.3 Å². The Morgan fingerprint density at radius 1 is 1.29 bits per heavy atom. The first-order chi connectivity index (χ1) is 17.1. The molecule has 0 unspecified atom stereocenters. The number of hydrogen-bond donors (Lipinski definition) is 3. The molecule has 3 N–H and O–H groups in total. The van der Waals surface area contributed by atoms with E-state index in [1.54, 1.807) is 23.8 Å². The topological polar surface area (TPSA) is 131 Å². The smallest absolute Gasteiger partial charge is 0.263 e. The van der Waals surface area contributed by atoms with Crippen molar-refractivity contribution in [1.29, 1.82) is 0 Å². The third kappa shape index (κ3) is 3.92. The van der Waals surface area contributed by atoms with Crippen LogP contribution in [0.1, 0.15) is 30.1 Å². The van der Waals surface area contributed by atoms with E-state index in [1.807, 2.05) is 18.2 Å². The van der Waals surface area contributed by atoms with Gasteiger partial charge < -0.3 is 15.2 Å². The van der Waals surface area contributed by atoms with Gasteiger partial charge in [-0.3, -0.25) is 9.36 Å². The van der Waals surface area contributed by atoms with E-state index in [1.165, 1.54) is 11.3 Å². The van der Waals surface area contributed by atoms with Crippen LogP contribution < -0.4 is 15.6 Å². The molecule has 1 aliphatic carbocycles. The van der Waals surface area contributed by atoms with Crippen molar-refractivity contribution in [2.45, 2.75) is 31.8 Å². The van der Waals surface area contributed by atoms with Gasteiger partial charge in [0.05, 0.1) is 23.7 Å². The molecule has 6 rings (SSSR count). The van der Waals surface area contributed by atoms with Crippen molar-refractivity contribution in [2.75, 3.05) is 13.7 Å². The number of ether oxygens (including phenoxy) is 1. The van der Waals surface area contributed by atoms with Crippen LogP contribution in [0.2, 0.25) is 0 Å². The third-order valence-electron chi connectivity index (χ3n) is 6.30. The highest BCUT2D eigenvalue weighted by Crippen LogP contribution is 2.46. The molecule has 178 valence electrons. The van der Waals surface area contributed by atoms with Gasteiger partial charge >= 0.3 is 0 Å². The molecule has 3 heterocycles. The van der Waals surface area contributed by atoms with Crippen LogP contribution in [0.4, 0.5) is 0 Å². The van der Waals surface area contributed by atoms with Crippen LogP contribution in [0.5, 0.6) is 11.5 Å². The van der Waals surface area contributed by atoms with Crippen molar-refractivity contribution in [3.8, 4) is 22.9 Å². The lowest BCUT2D eigenvalue weighted by Crippen LogP contribution is -2.29. The van der Waals surface area contributed by atoms with E-state index >= 15 is 0 Å². The Morgan fingerprint density at radius 2 is 2.17 bits per heavy atom. The number of hydrogen-bond acceptors (Lipinski definition) is 9. The fourth-order valence-corrected chi connectivity index (χ4v) is 5.51. The number of nitrogens with one attached hydrogen (secondary N) is 2. The van der Waals surface area contributed by atoms with Gasteiger partial charge in [0.25, 0.3) is 5.56 Å². The Balaban J connectivity index is 1.49. The second kappa shape index (κ2) is 8.75. The molecule has 0 spiro atoms. The quantitative estimate of drug-likeness (QED) is 0.283. The van der Waals surface area contributed by atoms with Crippen molar-refractivity contribution in [3.63, 3.8) is 0 Å². The first-order valence-electron chi connectivity index (χ1n) is 11.4. The minimum absolute atomic E-state index is 0.124. The maximum atomic E-state index is 13.9. The van der Waals surface area contributed by atoms with Gasteiger partial charge in [-0.05, 0) is 48.6 Å². The van der Waals surface area contributed by atoms with Crippen LogP contribution in [-0.4, -0.2) is 48.9 Å². The second-order valence-electron chi connectivity index (χ2n) is 8.56. The van der Waals surface area contributed by atoms with Crippen LogP contribution >= 0.6 is 11.3 Å². The Labute approximate surface area is 203 Å². The number of aromatic amines is 1. The summed E-state index contributed by atoms with van der Waals surface area (Å²) in [6, 6.07) is 11.2. The number of aromatic nitrogens is 6. The molecule has 5 aromatic rings. The molecule has 1 saturated carbocycles. The number of benzene rings is 2. The van der Waals surface area contributed by atoms with Crippen LogP contribution in [-0.2, 0) is 13.1 Å². The highest BCUT2D eigenvalue weighted by atomic mass is 32.1. The van der Waals surface area contributed by atoms with E-state index in [2.05, 4.69) is 32.0 Å². The third-order valence-corrected chi connectivity index (χ3v) is 7.42. The van der Waals surface area contributed by atoms with Gasteiger partial charge in [0.2, 0.25) is 0 Å². The molecule has 2 aromatic carbocycles. The van der Waals surface area contributed by atoms with Gasteiger partial charge in [0, 0.05) is 24.0 Å². The molecule has 0 bridgehead atoms. The van der Waals surface area contributed by atoms with Gasteiger partial charge in [0.15, 0.2) is 5.82 Å². The maximum absolute atomic E-state index is 13.9. The van der Waals surface area contributed by atoms with E-state index in [0.29, 0.717) is 52.1 Å². The van der Waals surface area contributed by atoms with Crippen molar-refractivity contribution >= 4 is 31.6 Å². The summed E-state index contributed by atoms with van der Waals surface area (Å²) in [5.74, 6) is 2.56. The zero-order valence-corrected chi connectivity index (χ0v) is 19.8. The summed E-state index contributed by atoms with van der Waals surface area (Å²) in [5, 5.41) is 28.8. The monoisotopic (exact) mass is 489 g/mol. The number of H-pyrrole nitrogens is 1. The molecule has 1 aliphatic rings. The molecule has 0 aliphatic heterocycles. The molecule has 10 nitrogen and oxygen atoms in total. The first kappa shape index (κ1) is 21.7. The Bertz CT molecular complexity index is 1590. The zero-order chi connectivity index (χ0) is 23.9. The molecule has 11 heteroatoms. The Kier molecular flexibility index (Phi) is 5.42. The summed E-state index contributed by atoms with van der Waals surface area (Å²) in [4.78, 5) is 19.5. The minimum atomic E-state index is -0.124. The predicted octanol–water partition coefficient (Wildman–Crippen LogP) is 3.17. The van der Waals surface area contributed by atoms with Crippen LogP contribution in [0.25, 0.3) is 31.7 Å². The molecule has 3 aromatic heterocycles. The van der Waals surface area contributed by atoms with E-state index in [0.717, 1.165) is 35.1 Å². The van der Waals surface area contributed by atoms with Crippen molar-refractivity contribution in [3.05, 3.63) is 58.1 Å². The van der Waals surface area contributed by atoms with Gasteiger partial charge in [-0.15, -0.1) is 21.5 Å². The van der Waals surface area contributed by atoms with E-state index in [4.69, 9.17) is 9.72 Å². The second-order valence-corrected chi connectivity index (χ2v) is 9.56. The van der Waals surface area contributed by atoms with Crippen molar-refractivity contribution in [2.24, 2.45) is 0 Å². The molecular weight excluding hydrogens is 466 g/mol. The first-order valence-corrected chi connectivity index (χ1v) is 12.2. The number of aromatic hydroxyl groups is 1. The van der Waals surface area contributed by atoms with Crippen LogP contribution in [0.3, 0.4) is 0 Å². The summed E-state index contributed by atoms with van der Waals surface area (Å²) in [6.45, 7) is 1.35. The van der Waals surface area contributed by atoms with Gasteiger partial charge in [0.1, 0.15) is 22.2 Å². The van der Waals surface area contributed by atoms with E-state index < -0.39 is 0 Å². The fraction of sp³-hybridized carbons (Fsp3) is 0.292. The predicted molar refractivity (Wildman–Crippen MR) is 133 cm³/mol. The highest BCUT2D eigenvalue weighted by molar-refractivity contribution is 7.25. The van der Waals surface area contributed by atoms with E-state index in [-0.39, 0.29) is 11.3 Å². The average Bonchev–Trinajstić information content (AvgIpc) is 3.44. The number of phenols is 1. The fourth-order valence-electron chi connectivity index (χ4n) is 4.43. The molecule has 0 saturated heterocycles. The highest BCUT2D eigenvalue weighted by Gasteiger charge is 2.29. The number of tetrazole rings is 1. The van der Waals surface area contributed by atoms with Crippen LogP contribution in [0, 0.1) is 0 Å². The SMILES string of the molecule is COc1ccc(-c2nc3sc4c(O)cccc4c3c(=O)n2CCNCc2nn[nH]n2)c(C2CC2)c1. The molecule has 0 radical (unpaired) electrons. The summed E-state index contributed by atoms with van der Waals surface area (Å²) in [7, 11) is 1.66. The summed E-state index contributed by atoms with van der Waals surface area (Å²) in [5.41, 5.74) is 1.96. The summed E-state index contributed by atoms with van der Waals surface area (Å²) >= 11 is 1.34. The molecule has 1 fully saturated rings. The van der Waals surface area contributed by atoms with Gasteiger partial charge in [-0.2, -0.15) is 5.21 Å². The number of methoxy groups -OCH3 is 1. The molecule has 0 amide bonds. The number of thiophene rings is 1. The largest absolute Gasteiger partial charge is 0.506 e. The average molecular weight is 490 g/mol. The van der Waals surface area contributed by atoms with Crippen molar-refractivity contribution < 1.29 is 9.84 Å². The number of nitrogens with zero attached hydrogens (tertiary/aromatic N) is 5. The molecular formula is C24H23N7O3S. The Hall–Kier alpha value is -3.83. The molecule has 0 atom stereocenters. The zero-order valence-electron chi connectivity index (χ0n) is 19.0. The number of rotatable bonds is 8. The van der Waals surface area contributed by atoms with E-state index in [9.17, 15) is 9.90 Å².